The number of carbonyl (C=O) groups is 1. The predicted molar refractivity (Wildman–Crippen MR) is 105 cm³/mol. The molecule has 8 nitrogen and oxygen atoms in total. The van der Waals surface area contributed by atoms with E-state index in [4.69, 9.17) is 5.73 Å². The standard InChI is InChI=1S/C19H22FN7O/c1-11(16(21)28)23-18-22-10-15-17(26-18)27(12-6-2-3-7-12)19(25-15)24-14-9-5-4-8-13(14)20/h4-5,8-12H,2-3,6-7H2,1H3,(H2,21,28)(H,24,25)(H,22,23,26)/t11-/m1/s1. The summed E-state index contributed by atoms with van der Waals surface area (Å²) in [5, 5.41) is 6.00. The molecule has 9 heteroatoms. The van der Waals surface area contributed by atoms with Crippen LogP contribution in [0.5, 0.6) is 0 Å². The number of fused-ring (bicyclic) bond motifs is 1. The molecule has 4 rings (SSSR count). The summed E-state index contributed by atoms with van der Waals surface area (Å²) in [5.41, 5.74) is 6.90. The highest BCUT2D eigenvalue weighted by atomic mass is 19.1. The molecule has 1 aliphatic rings. The molecule has 3 aromatic rings. The lowest BCUT2D eigenvalue weighted by atomic mass is 10.2. The monoisotopic (exact) mass is 383 g/mol. The first kappa shape index (κ1) is 18.1. The van der Waals surface area contributed by atoms with Crippen LogP contribution in [0.4, 0.5) is 22.0 Å². The predicted octanol–water partition coefficient (Wildman–Crippen LogP) is 3.11. The molecule has 1 amide bonds. The first-order valence-corrected chi connectivity index (χ1v) is 9.35. The van der Waals surface area contributed by atoms with E-state index in [-0.39, 0.29) is 11.9 Å². The van der Waals surface area contributed by atoms with Gasteiger partial charge >= 0.3 is 0 Å². The van der Waals surface area contributed by atoms with Gasteiger partial charge in [0.2, 0.25) is 17.8 Å². The molecule has 28 heavy (non-hydrogen) atoms. The van der Waals surface area contributed by atoms with Crippen LogP contribution in [0.2, 0.25) is 0 Å². The quantitative estimate of drug-likeness (QED) is 0.603. The third kappa shape index (κ3) is 3.47. The fourth-order valence-electron chi connectivity index (χ4n) is 3.50. The second kappa shape index (κ2) is 7.41. The molecule has 1 saturated carbocycles. The van der Waals surface area contributed by atoms with Crippen LogP contribution >= 0.6 is 0 Å². The molecule has 1 aliphatic carbocycles. The van der Waals surface area contributed by atoms with E-state index in [1.54, 1.807) is 31.3 Å². The molecule has 2 aromatic heterocycles. The van der Waals surface area contributed by atoms with Crippen LogP contribution in [0, 0.1) is 5.82 Å². The molecular weight excluding hydrogens is 361 g/mol. The highest BCUT2D eigenvalue weighted by Gasteiger charge is 2.25. The molecule has 4 N–H and O–H groups in total. The normalized spacial score (nSPS) is 15.6. The number of amides is 1. The van der Waals surface area contributed by atoms with E-state index in [1.165, 1.54) is 6.07 Å². The summed E-state index contributed by atoms with van der Waals surface area (Å²) in [6.07, 6.45) is 5.84. The van der Waals surface area contributed by atoms with E-state index in [1.807, 2.05) is 4.57 Å². The molecule has 0 aliphatic heterocycles. The Morgan fingerprint density at radius 1 is 1.29 bits per heavy atom. The molecule has 1 aromatic carbocycles. The Balaban J connectivity index is 1.77. The van der Waals surface area contributed by atoms with Crippen molar-refractivity contribution in [1.82, 2.24) is 19.5 Å². The molecule has 0 unspecified atom stereocenters. The minimum absolute atomic E-state index is 0.218. The number of hydrogen-bond donors (Lipinski definition) is 3. The summed E-state index contributed by atoms with van der Waals surface area (Å²) in [6, 6.07) is 6.09. The van der Waals surface area contributed by atoms with Crippen molar-refractivity contribution in [1.29, 1.82) is 0 Å². The fourth-order valence-corrected chi connectivity index (χ4v) is 3.50. The number of para-hydroxylation sites is 1. The topological polar surface area (TPSA) is 111 Å². The molecule has 0 radical (unpaired) electrons. The van der Waals surface area contributed by atoms with Crippen LogP contribution < -0.4 is 16.4 Å². The van der Waals surface area contributed by atoms with Crippen molar-refractivity contribution >= 4 is 34.7 Å². The minimum atomic E-state index is -0.601. The van der Waals surface area contributed by atoms with Gasteiger partial charge in [0.05, 0.1) is 11.9 Å². The van der Waals surface area contributed by atoms with Crippen LogP contribution in [-0.4, -0.2) is 31.5 Å². The zero-order chi connectivity index (χ0) is 19.7. The Bertz CT molecular complexity index is 1010. The van der Waals surface area contributed by atoms with Gasteiger partial charge in [0.1, 0.15) is 17.4 Å². The van der Waals surface area contributed by atoms with Crippen LogP contribution in [-0.2, 0) is 4.79 Å². The molecule has 0 spiro atoms. The van der Waals surface area contributed by atoms with E-state index < -0.39 is 11.9 Å². The lowest BCUT2D eigenvalue weighted by Gasteiger charge is -2.17. The number of aromatic nitrogens is 4. The largest absolute Gasteiger partial charge is 0.368 e. The number of nitrogens with zero attached hydrogens (tertiary/aromatic N) is 4. The maximum Gasteiger partial charge on any atom is 0.239 e. The Morgan fingerprint density at radius 2 is 2.04 bits per heavy atom. The summed E-state index contributed by atoms with van der Waals surface area (Å²) in [7, 11) is 0. The van der Waals surface area contributed by atoms with Crippen LogP contribution in [0.3, 0.4) is 0 Å². The van der Waals surface area contributed by atoms with E-state index in [2.05, 4.69) is 25.6 Å². The first-order chi connectivity index (χ1) is 13.5. The van der Waals surface area contributed by atoms with E-state index in [0.29, 0.717) is 28.7 Å². The number of nitrogens with one attached hydrogen (secondary N) is 2. The summed E-state index contributed by atoms with van der Waals surface area (Å²) < 4.78 is 16.2. The van der Waals surface area contributed by atoms with Gasteiger partial charge in [-0.3, -0.25) is 9.36 Å². The second-order valence-corrected chi connectivity index (χ2v) is 7.02. The summed E-state index contributed by atoms with van der Waals surface area (Å²) in [4.78, 5) is 24.7. The van der Waals surface area contributed by atoms with Gasteiger partial charge < -0.3 is 16.4 Å². The molecule has 0 bridgehead atoms. The Kier molecular flexibility index (Phi) is 4.81. The van der Waals surface area contributed by atoms with Gasteiger partial charge in [-0.25, -0.2) is 14.4 Å². The number of primary amides is 1. The number of hydrogen-bond acceptors (Lipinski definition) is 6. The zero-order valence-electron chi connectivity index (χ0n) is 15.5. The summed E-state index contributed by atoms with van der Waals surface area (Å²) in [6.45, 7) is 1.65. The van der Waals surface area contributed by atoms with Crippen molar-refractivity contribution < 1.29 is 9.18 Å². The molecular formula is C19H22FN7O. The average Bonchev–Trinajstić information content (AvgIpc) is 3.30. The molecule has 1 fully saturated rings. The zero-order valence-corrected chi connectivity index (χ0v) is 15.5. The maximum absolute atomic E-state index is 14.1. The van der Waals surface area contributed by atoms with Gasteiger partial charge in [0.25, 0.3) is 0 Å². The Labute approximate surface area is 161 Å². The Morgan fingerprint density at radius 3 is 2.75 bits per heavy atom. The summed E-state index contributed by atoms with van der Waals surface area (Å²) >= 11 is 0. The third-order valence-corrected chi connectivity index (χ3v) is 5.02. The average molecular weight is 383 g/mol. The van der Waals surface area contributed by atoms with Gasteiger partial charge in [0, 0.05) is 6.04 Å². The second-order valence-electron chi connectivity index (χ2n) is 7.02. The highest BCUT2D eigenvalue weighted by Crippen LogP contribution is 2.36. The van der Waals surface area contributed by atoms with Gasteiger partial charge in [0.15, 0.2) is 5.65 Å². The number of rotatable bonds is 6. The van der Waals surface area contributed by atoms with Crippen molar-refractivity contribution in [2.75, 3.05) is 10.6 Å². The van der Waals surface area contributed by atoms with Gasteiger partial charge in [-0.15, -0.1) is 0 Å². The summed E-state index contributed by atoms with van der Waals surface area (Å²) in [5.74, 6) is -0.0112. The minimum Gasteiger partial charge on any atom is -0.368 e. The first-order valence-electron chi connectivity index (χ1n) is 9.35. The smallest absolute Gasteiger partial charge is 0.239 e. The molecule has 146 valence electrons. The molecule has 0 saturated heterocycles. The van der Waals surface area contributed by atoms with Gasteiger partial charge in [-0.05, 0) is 31.9 Å². The Hall–Kier alpha value is -3.23. The molecule has 2 heterocycles. The number of imidazole rings is 1. The van der Waals surface area contributed by atoms with Crippen LogP contribution in [0.25, 0.3) is 11.2 Å². The maximum atomic E-state index is 14.1. The van der Waals surface area contributed by atoms with Crippen molar-refractivity contribution in [3.63, 3.8) is 0 Å². The lowest BCUT2D eigenvalue weighted by molar-refractivity contribution is -0.118. The number of nitrogens with two attached hydrogens (primary N) is 1. The number of benzene rings is 1. The number of anilines is 3. The van der Waals surface area contributed by atoms with E-state index in [9.17, 15) is 9.18 Å². The van der Waals surface area contributed by atoms with Crippen molar-refractivity contribution in [2.24, 2.45) is 5.73 Å². The van der Waals surface area contributed by atoms with E-state index in [0.717, 1.165) is 25.7 Å². The van der Waals surface area contributed by atoms with Crippen LogP contribution in [0.15, 0.2) is 30.5 Å². The highest BCUT2D eigenvalue weighted by molar-refractivity contribution is 5.82. The van der Waals surface area contributed by atoms with Crippen LogP contribution in [0.1, 0.15) is 38.6 Å². The fraction of sp³-hybridized carbons (Fsp3) is 0.368. The van der Waals surface area contributed by atoms with Gasteiger partial charge in [-0.2, -0.15) is 4.98 Å². The van der Waals surface area contributed by atoms with Crippen molar-refractivity contribution in [3.05, 3.63) is 36.3 Å². The van der Waals surface area contributed by atoms with Crippen molar-refractivity contribution in [3.8, 4) is 0 Å². The number of halogens is 1. The van der Waals surface area contributed by atoms with Crippen molar-refractivity contribution in [2.45, 2.75) is 44.7 Å². The van der Waals surface area contributed by atoms with E-state index >= 15 is 0 Å². The number of carbonyl (C=O) groups excluding carboxylic acids is 1. The SMILES string of the molecule is C[C@@H](Nc1ncc2nc(Nc3ccccc3F)n(C3CCCC3)c2n1)C(N)=O. The third-order valence-electron chi connectivity index (χ3n) is 5.02. The molecule has 1 atom stereocenters. The van der Waals surface area contributed by atoms with Gasteiger partial charge in [-0.1, -0.05) is 25.0 Å². The lowest BCUT2D eigenvalue weighted by Crippen LogP contribution is -2.33.